The Morgan fingerprint density at radius 3 is 2.61 bits per heavy atom. The molecule has 31 heavy (non-hydrogen) atoms. The van der Waals surface area contributed by atoms with Crippen molar-refractivity contribution >= 4 is 54.3 Å². The van der Waals surface area contributed by atoms with Crippen LogP contribution in [0, 0.1) is 0 Å². The number of thiazole rings is 1. The topological polar surface area (TPSA) is 121 Å². The summed E-state index contributed by atoms with van der Waals surface area (Å²) in [5.74, 6) is -1.17. The van der Waals surface area contributed by atoms with Crippen molar-refractivity contribution in [1.29, 1.82) is 0 Å². The Kier molecular flexibility index (Phi) is 5.38. The van der Waals surface area contributed by atoms with Gasteiger partial charge in [-0.3, -0.25) is 14.6 Å². The molecule has 0 saturated carbocycles. The molecule has 0 aliphatic heterocycles. The highest BCUT2D eigenvalue weighted by atomic mass is 32.2. The zero-order chi connectivity index (χ0) is 22.2. The van der Waals surface area contributed by atoms with Gasteiger partial charge in [0.25, 0.3) is 5.91 Å². The van der Waals surface area contributed by atoms with Crippen molar-refractivity contribution in [2.24, 2.45) is 4.99 Å². The SMILES string of the molecule is COC(=O)Cn1c(=NC(=O)c2cnc3ccccc3n2)sc2cc(S(C)(=O)=O)ccc21. The van der Waals surface area contributed by atoms with Crippen molar-refractivity contribution in [2.75, 3.05) is 13.4 Å². The Hall–Kier alpha value is -3.44. The quantitative estimate of drug-likeness (QED) is 0.431. The number of carbonyl (C=O) groups is 2. The van der Waals surface area contributed by atoms with Gasteiger partial charge in [0.15, 0.2) is 14.6 Å². The fraction of sp³-hybridized carbons (Fsp3) is 0.150. The third-order valence-corrected chi connectivity index (χ3v) is 6.61. The van der Waals surface area contributed by atoms with Gasteiger partial charge in [0.2, 0.25) is 0 Å². The Balaban J connectivity index is 1.86. The van der Waals surface area contributed by atoms with Crippen LogP contribution in [0.4, 0.5) is 0 Å². The summed E-state index contributed by atoms with van der Waals surface area (Å²) in [7, 11) is -2.17. The molecule has 2 aromatic heterocycles. The first-order valence-electron chi connectivity index (χ1n) is 8.97. The average molecular weight is 457 g/mol. The van der Waals surface area contributed by atoms with Gasteiger partial charge in [0, 0.05) is 6.26 Å². The van der Waals surface area contributed by atoms with Crippen molar-refractivity contribution in [3.8, 4) is 0 Å². The van der Waals surface area contributed by atoms with Gasteiger partial charge in [0.05, 0.1) is 39.5 Å². The summed E-state index contributed by atoms with van der Waals surface area (Å²) in [5.41, 5.74) is 1.81. The standard InChI is InChI=1S/C20H16N4O5S2/c1-29-18(25)11-24-16-8-7-12(31(2,27)28)9-17(16)30-20(24)23-19(26)15-10-21-13-5-3-4-6-14(13)22-15/h3-10H,11H2,1-2H3. The fourth-order valence-corrected chi connectivity index (χ4v) is 4.71. The predicted molar refractivity (Wildman–Crippen MR) is 114 cm³/mol. The Labute approximate surface area is 180 Å². The number of esters is 1. The van der Waals surface area contributed by atoms with Crippen molar-refractivity contribution in [3.63, 3.8) is 0 Å². The summed E-state index contributed by atoms with van der Waals surface area (Å²) in [6.45, 7) is -0.190. The van der Waals surface area contributed by atoms with E-state index in [0.717, 1.165) is 17.6 Å². The lowest BCUT2D eigenvalue weighted by atomic mass is 10.3. The molecule has 2 heterocycles. The highest BCUT2D eigenvalue weighted by Crippen LogP contribution is 2.22. The van der Waals surface area contributed by atoms with Crippen molar-refractivity contribution in [3.05, 3.63) is 59.2 Å². The maximum Gasteiger partial charge on any atom is 0.325 e. The molecular formula is C20H16N4O5S2. The lowest BCUT2D eigenvalue weighted by molar-refractivity contribution is -0.141. The average Bonchev–Trinajstić information content (AvgIpc) is 3.08. The molecule has 0 radical (unpaired) electrons. The van der Waals surface area contributed by atoms with Gasteiger partial charge in [-0.2, -0.15) is 4.99 Å². The molecule has 4 rings (SSSR count). The lowest BCUT2D eigenvalue weighted by Crippen LogP contribution is -2.22. The summed E-state index contributed by atoms with van der Waals surface area (Å²) in [6, 6.07) is 11.6. The number of nitrogens with zero attached hydrogens (tertiary/aromatic N) is 4. The smallest absolute Gasteiger partial charge is 0.325 e. The minimum Gasteiger partial charge on any atom is -0.468 e. The van der Waals surface area contributed by atoms with Crippen LogP contribution in [-0.2, 0) is 25.9 Å². The second-order valence-corrected chi connectivity index (χ2v) is 9.63. The number of aromatic nitrogens is 3. The van der Waals surface area contributed by atoms with Crippen LogP contribution in [0.2, 0.25) is 0 Å². The van der Waals surface area contributed by atoms with E-state index in [0.29, 0.717) is 21.3 Å². The van der Waals surface area contributed by atoms with Gasteiger partial charge in [-0.25, -0.2) is 13.4 Å². The number of carbonyl (C=O) groups excluding carboxylic acids is 2. The zero-order valence-electron chi connectivity index (χ0n) is 16.5. The van der Waals surface area contributed by atoms with Crippen molar-refractivity contribution in [2.45, 2.75) is 11.4 Å². The highest BCUT2D eigenvalue weighted by Gasteiger charge is 2.16. The van der Waals surface area contributed by atoms with Gasteiger partial charge < -0.3 is 9.30 Å². The largest absolute Gasteiger partial charge is 0.468 e. The van der Waals surface area contributed by atoms with Crippen LogP contribution in [0.1, 0.15) is 10.5 Å². The molecule has 11 heteroatoms. The van der Waals surface area contributed by atoms with Crippen molar-refractivity contribution < 1.29 is 22.7 Å². The third kappa shape index (κ3) is 4.23. The summed E-state index contributed by atoms with van der Waals surface area (Å²) < 4.78 is 30.6. The first kappa shape index (κ1) is 20.8. The molecule has 9 nitrogen and oxygen atoms in total. The van der Waals surface area contributed by atoms with Crippen LogP contribution in [0.15, 0.2) is 58.5 Å². The maximum atomic E-state index is 12.8. The molecule has 0 N–H and O–H groups in total. The number of ether oxygens (including phenoxy) is 1. The Bertz CT molecular complexity index is 1520. The number of methoxy groups -OCH3 is 1. The van der Waals surface area contributed by atoms with Gasteiger partial charge in [-0.15, -0.1) is 0 Å². The number of sulfone groups is 1. The number of fused-ring (bicyclic) bond motifs is 2. The molecule has 0 spiro atoms. The molecule has 0 aliphatic rings. The van der Waals surface area contributed by atoms with E-state index in [4.69, 9.17) is 4.74 Å². The Morgan fingerprint density at radius 2 is 1.90 bits per heavy atom. The second-order valence-electron chi connectivity index (χ2n) is 6.61. The number of benzene rings is 2. The molecule has 4 aromatic rings. The summed E-state index contributed by atoms with van der Waals surface area (Å²) in [6.07, 6.45) is 2.45. The first-order chi connectivity index (χ1) is 14.8. The summed E-state index contributed by atoms with van der Waals surface area (Å²) in [5, 5.41) is 0. The maximum absolute atomic E-state index is 12.8. The third-order valence-electron chi connectivity index (χ3n) is 4.46. The summed E-state index contributed by atoms with van der Waals surface area (Å²) in [4.78, 5) is 37.7. The van der Waals surface area contributed by atoms with E-state index in [1.807, 2.05) is 6.07 Å². The van der Waals surface area contributed by atoms with E-state index in [2.05, 4.69) is 15.0 Å². The van der Waals surface area contributed by atoms with E-state index < -0.39 is 21.7 Å². The molecule has 0 saturated heterocycles. The molecule has 158 valence electrons. The fourth-order valence-electron chi connectivity index (χ4n) is 2.92. The normalized spacial score (nSPS) is 12.4. The molecule has 0 atom stereocenters. The number of rotatable bonds is 4. The Morgan fingerprint density at radius 1 is 1.16 bits per heavy atom. The van der Waals surface area contributed by atoms with Gasteiger partial charge in [0.1, 0.15) is 12.2 Å². The minimum atomic E-state index is -3.42. The van der Waals surface area contributed by atoms with Gasteiger partial charge in [-0.1, -0.05) is 23.5 Å². The molecule has 0 fully saturated rings. The van der Waals surface area contributed by atoms with Crippen LogP contribution < -0.4 is 4.80 Å². The molecule has 0 unspecified atom stereocenters. The molecule has 1 amide bonds. The number of amides is 1. The number of para-hydroxylation sites is 2. The molecular weight excluding hydrogens is 440 g/mol. The molecule has 2 aromatic carbocycles. The minimum absolute atomic E-state index is 0.0533. The predicted octanol–water partition coefficient (Wildman–Crippen LogP) is 1.96. The molecule has 0 aliphatic carbocycles. The van der Waals surface area contributed by atoms with E-state index in [1.54, 1.807) is 24.3 Å². The summed E-state index contributed by atoms with van der Waals surface area (Å²) >= 11 is 1.09. The number of hydrogen-bond acceptors (Lipinski definition) is 8. The van der Waals surface area contributed by atoms with Crippen molar-refractivity contribution in [1.82, 2.24) is 14.5 Å². The van der Waals surface area contributed by atoms with Crippen LogP contribution >= 0.6 is 11.3 Å². The monoisotopic (exact) mass is 456 g/mol. The van der Waals surface area contributed by atoms with Crippen LogP contribution in [0.3, 0.4) is 0 Å². The molecule has 0 bridgehead atoms. The van der Waals surface area contributed by atoms with Crippen LogP contribution in [0.25, 0.3) is 21.3 Å². The van der Waals surface area contributed by atoms with E-state index in [-0.39, 0.29) is 21.9 Å². The van der Waals surface area contributed by atoms with Gasteiger partial charge >= 0.3 is 5.97 Å². The first-order valence-corrected chi connectivity index (χ1v) is 11.7. The van der Waals surface area contributed by atoms with E-state index in [1.165, 1.54) is 30.0 Å². The van der Waals surface area contributed by atoms with Crippen LogP contribution in [0.5, 0.6) is 0 Å². The van der Waals surface area contributed by atoms with E-state index >= 15 is 0 Å². The highest BCUT2D eigenvalue weighted by molar-refractivity contribution is 7.90. The lowest BCUT2D eigenvalue weighted by Gasteiger charge is -2.04. The zero-order valence-corrected chi connectivity index (χ0v) is 18.1. The second kappa shape index (κ2) is 8.00. The number of hydrogen-bond donors (Lipinski definition) is 0. The van der Waals surface area contributed by atoms with E-state index in [9.17, 15) is 18.0 Å². The van der Waals surface area contributed by atoms with Gasteiger partial charge in [-0.05, 0) is 30.3 Å². The van der Waals surface area contributed by atoms with Crippen LogP contribution in [-0.4, -0.2) is 48.2 Å².